The lowest BCUT2D eigenvalue weighted by Gasteiger charge is -2.37. The van der Waals surface area contributed by atoms with Crippen molar-refractivity contribution in [2.24, 2.45) is 5.92 Å². The van der Waals surface area contributed by atoms with Crippen LogP contribution < -0.4 is 0 Å². The van der Waals surface area contributed by atoms with Crippen molar-refractivity contribution in [3.63, 3.8) is 0 Å². The first kappa shape index (κ1) is 12.5. The van der Waals surface area contributed by atoms with Gasteiger partial charge in [-0.2, -0.15) is 0 Å². The number of ether oxygens (including phenoxy) is 1. The molecule has 0 N–H and O–H groups in total. The molecule has 1 fully saturated rings. The maximum absolute atomic E-state index is 12.0. The Balaban J connectivity index is 1.95. The summed E-state index contributed by atoms with van der Waals surface area (Å²) in [4.78, 5) is 13.8. The molecule has 0 radical (unpaired) electrons. The van der Waals surface area contributed by atoms with Gasteiger partial charge >= 0.3 is 6.09 Å². The fourth-order valence-electron chi connectivity index (χ4n) is 2.62. The molecule has 17 heavy (non-hydrogen) atoms. The zero-order valence-corrected chi connectivity index (χ0v) is 11.2. The molecule has 1 unspecified atom stereocenters. The minimum absolute atomic E-state index is 0.164. The SMILES string of the molecule is CC(C)(C)OC(=O)N1CCC2CCCC=C2C1. The highest BCUT2D eigenvalue weighted by molar-refractivity contribution is 5.68. The van der Waals surface area contributed by atoms with E-state index >= 15 is 0 Å². The van der Waals surface area contributed by atoms with Crippen LogP contribution in [0.1, 0.15) is 46.5 Å². The fraction of sp³-hybridized carbons (Fsp3) is 0.786. The van der Waals surface area contributed by atoms with Crippen LogP contribution in [0.2, 0.25) is 0 Å². The van der Waals surface area contributed by atoms with Crippen LogP contribution in [0.5, 0.6) is 0 Å². The molecule has 1 atom stereocenters. The molecule has 3 heteroatoms. The number of nitrogens with zero attached hydrogens (tertiary/aromatic N) is 1. The van der Waals surface area contributed by atoms with E-state index < -0.39 is 5.60 Å². The fourth-order valence-corrected chi connectivity index (χ4v) is 2.62. The number of fused-ring (bicyclic) bond motifs is 1. The van der Waals surface area contributed by atoms with Crippen LogP contribution in [0, 0.1) is 5.92 Å². The molecule has 1 aliphatic carbocycles. The number of allylic oxidation sites excluding steroid dienone is 1. The molecule has 0 aromatic rings. The van der Waals surface area contributed by atoms with Crippen molar-refractivity contribution in [3.8, 4) is 0 Å². The highest BCUT2D eigenvalue weighted by atomic mass is 16.6. The topological polar surface area (TPSA) is 29.5 Å². The second kappa shape index (κ2) is 4.71. The van der Waals surface area contributed by atoms with Crippen molar-refractivity contribution in [1.82, 2.24) is 4.90 Å². The van der Waals surface area contributed by atoms with Crippen molar-refractivity contribution < 1.29 is 9.53 Å². The molecule has 1 amide bonds. The summed E-state index contributed by atoms with van der Waals surface area (Å²) in [5.41, 5.74) is 1.06. The zero-order chi connectivity index (χ0) is 12.5. The molecule has 0 aromatic heterocycles. The average Bonchev–Trinajstić information content (AvgIpc) is 2.26. The van der Waals surface area contributed by atoms with E-state index in [4.69, 9.17) is 4.74 Å². The van der Waals surface area contributed by atoms with Gasteiger partial charge < -0.3 is 9.64 Å². The lowest BCUT2D eigenvalue weighted by molar-refractivity contribution is 0.0225. The standard InChI is InChI=1S/C14H23NO2/c1-14(2,3)17-13(16)15-9-8-11-6-4-5-7-12(11)10-15/h7,11H,4-6,8-10H2,1-3H3. The van der Waals surface area contributed by atoms with E-state index in [0.717, 1.165) is 25.4 Å². The smallest absolute Gasteiger partial charge is 0.410 e. The summed E-state index contributed by atoms with van der Waals surface area (Å²) < 4.78 is 5.42. The van der Waals surface area contributed by atoms with Gasteiger partial charge in [-0.3, -0.25) is 0 Å². The van der Waals surface area contributed by atoms with Crippen molar-refractivity contribution >= 4 is 6.09 Å². The first-order valence-corrected chi connectivity index (χ1v) is 6.62. The Morgan fingerprint density at radius 1 is 1.41 bits per heavy atom. The summed E-state index contributed by atoms with van der Waals surface area (Å²) in [6.07, 6.45) is 7.04. The molecule has 0 spiro atoms. The van der Waals surface area contributed by atoms with Crippen molar-refractivity contribution in [3.05, 3.63) is 11.6 Å². The van der Waals surface area contributed by atoms with Gasteiger partial charge in [-0.1, -0.05) is 11.6 Å². The Hall–Kier alpha value is -0.990. The molecule has 1 aliphatic heterocycles. The lowest BCUT2D eigenvalue weighted by atomic mass is 9.83. The van der Waals surface area contributed by atoms with Crippen molar-refractivity contribution in [2.75, 3.05) is 13.1 Å². The third kappa shape index (κ3) is 3.24. The Labute approximate surface area is 104 Å². The largest absolute Gasteiger partial charge is 0.444 e. The van der Waals surface area contributed by atoms with E-state index in [-0.39, 0.29) is 6.09 Å². The summed E-state index contributed by atoms with van der Waals surface area (Å²) in [5, 5.41) is 0. The number of carbonyl (C=O) groups excluding carboxylic acids is 1. The second-order valence-corrected chi connectivity index (χ2v) is 6.10. The summed E-state index contributed by atoms with van der Waals surface area (Å²) >= 11 is 0. The van der Waals surface area contributed by atoms with Crippen LogP contribution in [-0.4, -0.2) is 29.7 Å². The van der Waals surface area contributed by atoms with Gasteiger partial charge in [0.15, 0.2) is 0 Å². The van der Waals surface area contributed by atoms with Crippen LogP contribution in [0.3, 0.4) is 0 Å². The number of amides is 1. The Morgan fingerprint density at radius 2 is 2.18 bits per heavy atom. The summed E-state index contributed by atoms with van der Waals surface area (Å²) in [6, 6.07) is 0. The molecule has 1 saturated heterocycles. The maximum atomic E-state index is 12.0. The van der Waals surface area contributed by atoms with Gasteiger partial charge in [0.2, 0.25) is 0 Å². The summed E-state index contributed by atoms with van der Waals surface area (Å²) in [7, 11) is 0. The molecule has 2 aliphatic rings. The van der Waals surface area contributed by atoms with E-state index in [1.54, 1.807) is 0 Å². The number of piperidine rings is 1. The molecule has 0 saturated carbocycles. The van der Waals surface area contributed by atoms with E-state index in [1.807, 2.05) is 25.7 Å². The monoisotopic (exact) mass is 237 g/mol. The molecule has 96 valence electrons. The van der Waals surface area contributed by atoms with Crippen molar-refractivity contribution in [1.29, 1.82) is 0 Å². The molecular formula is C14H23NO2. The van der Waals surface area contributed by atoms with Crippen LogP contribution >= 0.6 is 0 Å². The third-order valence-corrected chi connectivity index (χ3v) is 3.46. The highest BCUT2D eigenvalue weighted by Gasteiger charge is 2.30. The molecular weight excluding hydrogens is 214 g/mol. The van der Waals surface area contributed by atoms with Gasteiger partial charge in [-0.05, 0) is 52.4 Å². The lowest BCUT2D eigenvalue weighted by Crippen LogP contribution is -2.43. The number of likely N-dealkylation sites (tertiary alicyclic amines) is 1. The minimum atomic E-state index is -0.394. The van der Waals surface area contributed by atoms with Crippen LogP contribution in [0.4, 0.5) is 4.79 Å². The molecule has 1 heterocycles. The van der Waals surface area contributed by atoms with Gasteiger partial charge in [0.1, 0.15) is 5.60 Å². The highest BCUT2D eigenvalue weighted by Crippen LogP contribution is 2.32. The van der Waals surface area contributed by atoms with Crippen molar-refractivity contribution in [2.45, 2.75) is 52.1 Å². The molecule has 0 aromatic carbocycles. The predicted octanol–water partition coefficient (Wildman–Crippen LogP) is 3.35. The van der Waals surface area contributed by atoms with Gasteiger partial charge in [0.25, 0.3) is 0 Å². The normalized spacial score (nSPS) is 25.0. The number of rotatable bonds is 0. The van der Waals surface area contributed by atoms with Gasteiger partial charge in [-0.25, -0.2) is 4.79 Å². The molecule has 2 rings (SSSR count). The quantitative estimate of drug-likeness (QED) is 0.605. The third-order valence-electron chi connectivity index (χ3n) is 3.46. The number of carbonyl (C=O) groups is 1. The zero-order valence-electron chi connectivity index (χ0n) is 11.2. The van der Waals surface area contributed by atoms with Gasteiger partial charge in [0, 0.05) is 13.1 Å². The van der Waals surface area contributed by atoms with E-state index in [0.29, 0.717) is 0 Å². The molecule has 0 bridgehead atoms. The van der Waals surface area contributed by atoms with Crippen LogP contribution in [0.25, 0.3) is 0 Å². The van der Waals surface area contributed by atoms with Crippen LogP contribution in [0.15, 0.2) is 11.6 Å². The summed E-state index contributed by atoms with van der Waals surface area (Å²) in [5.74, 6) is 0.724. The minimum Gasteiger partial charge on any atom is -0.444 e. The Kier molecular flexibility index (Phi) is 3.45. The summed E-state index contributed by atoms with van der Waals surface area (Å²) in [6.45, 7) is 7.36. The first-order chi connectivity index (χ1) is 7.96. The number of hydrogen-bond acceptors (Lipinski definition) is 2. The Bertz CT molecular complexity index is 328. The average molecular weight is 237 g/mol. The molecule has 3 nitrogen and oxygen atoms in total. The van der Waals surface area contributed by atoms with E-state index in [2.05, 4.69) is 6.08 Å². The Morgan fingerprint density at radius 3 is 2.88 bits per heavy atom. The number of hydrogen-bond donors (Lipinski definition) is 0. The van der Waals surface area contributed by atoms with E-state index in [1.165, 1.54) is 24.8 Å². The maximum Gasteiger partial charge on any atom is 0.410 e. The van der Waals surface area contributed by atoms with Gasteiger partial charge in [0.05, 0.1) is 0 Å². The second-order valence-electron chi connectivity index (χ2n) is 6.10. The first-order valence-electron chi connectivity index (χ1n) is 6.62. The van der Waals surface area contributed by atoms with Gasteiger partial charge in [-0.15, -0.1) is 0 Å². The predicted molar refractivity (Wildman–Crippen MR) is 67.8 cm³/mol. The van der Waals surface area contributed by atoms with E-state index in [9.17, 15) is 4.79 Å². The van der Waals surface area contributed by atoms with Crippen LogP contribution in [-0.2, 0) is 4.74 Å².